The summed E-state index contributed by atoms with van der Waals surface area (Å²) in [6.45, 7) is 0.817. The minimum absolute atomic E-state index is 0.0953. The number of aromatic nitrogens is 3. The van der Waals surface area contributed by atoms with Crippen molar-refractivity contribution in [3.63, 3.8) is 0 Å². The molecule has 9 heteroatoms. The summed E-state index contributed by atoms with van der Waals surface area (Å²) >= 11 is 0. The lowest BCUT2D eigenvalue weighted by molar-refractivity contribution is -0.132. The van der Waals surface area contributed by atoms with Gasteiger partial charge >= 0.3 is 0 Å². The van der Waals surface area contributed by atoms with E-state index >= 15 is 0 Å². The summed E-state index contributed by atoms with van der Waals surface area (Å²) in [6, 6.07) is 4.55. The molecule has 140 valence electrons. The Morgan fingerprint density at radius 1 is 1.22 bits per heavy atom. The van der Waals surface area contributed by atoms with Gasteiger partial charge in [-0.05, 0) is 12.1 Å². The fraction of sp³-hybridized carbons (Fsp3) is 0.278. The number of nitrogens with one attached hydrogen (secondary N) is 2. The van der Waals surface area contributed by atoms with E-state index in [4.69, 9.17) is 4.52 Å². The van der Waals surface area contributed by atoms with E-state index < -0.39 is 11.6 Å². The summed E-state index contributed by atoms with van der Waals surface area (Å²) in [6.07, 6.45) is 1.08. The molecule has 0 radical (unpaired) electrons. The quantitative estimate of drug-likeness (QED) is 0.732. The van der Waals surface area contributed by atoms with E-state index in [0.717, 1.165) is 17.3 Å². The van der Waals surface area contributed by atoms with E-state index in [1.54, 1.807) is 4.90 Å². The van der Waals surface area contributed by atoms with Crippen LogP contribution in [0.3, 0.4) is 0 Å². The van der Waals surface area contributed by atoms with Crippen LogP contribution < -0.4 is 5.56 Å². The number of hydrogen-bond acceptors (Lipinski definition) is 4. The molecule has 2 N–H and O–H groups in total. The third-order valence-corrected chi connectivity index (χ3v) is 4.58. The van der Waals surface area contributed by atoms with Crippen molar-refractivity contribution in [1.29, 1.82) is 0 Å². The molecular weight excluding hydrogens is 358 g/mol. The average molecular weight is 374 g/mol. The smallest absolute Gasteiger partial charge is 0.280 e. The maximum Gasteiger partial charge on any atom is 0.280 e. The fourth-order valence-corrected chi connectivity index (χ4v) is 3.27. The molecule has 3 heterocycles. The van der Waals surface area contributed by atoms with Gasteiger partial charge in [-0.3, -0.25) is 14.7 Å². The van der Waals surface area contributed by atoms with Crippen LogP contribution in [0.1, 0.15) is 23.4 Å². The lowest BCUT2D eigenvalue weighted by Crippen LogP contribution is -2.36. The van der Waals surface area contributed by atoms with Crippen LogP contribution in [0.2, 0.25) is 0 Å². The standard InChI is InChI=1S/C18H16F2N4O3/c19-11-5-10(6-12(20)7-11)18-14-9-24(4-3-15(14)21-22-18)17(26)2-1-13-8-16(25)23-27-13/h5-8H,1-4,9H2,(H,21,22)(H,23,25). The number of rotatable bonds is 4. The number of hydrogen-bond donors (Lipinski definition) is 2. The molecule has 3 aromatic rings. The molecule has 0 saturated carbocycles. The van der Waals surface area contributed by atoms with Crippen LogP contribution in [0.4, 0.5) is 8.78 Å². The fourth-order valence-electron chi connectivity index (χ4n) is 3.27. The summed E-state index contributed by atoms with van der Waals surface area (Å²) in [5, 5.41) is 9.27. The number of benzene rings is 1. The van der Waals surface area contributed by atoms with Crippen LogP contribution in [0, 0.1) is 11.6 Å². The molecule has 1 aliphatic rings. The largest absolute Gasteiger partial charge is 0.384 e. The third kappa shape index (κ3) is 3.53. The van der Waals surface area contributed by atoms with Crippen molar-refractivity contribution in [3.05, 3.63) is 63.3 Å². The lowest BCUT2D eigenvalue weighted by Gasteiger charge is -2.27. The van der Waals surface area contributed by atoms with Crippen LogP contribution >= 0.6 is 0 Å². The highest BCUT2D eigenvalue weighted by Crippen LogP contribution is 2.29. The Balaban J connectivity index is 1.51. The molecule has 0 bridgehead atoms. The first-order chi connectivity index (χ1) is 13.0. The molecule has 0 aliphatic carbocycles. The second-order valence-corrected chi connectivity index (χ2v) is 6.43. The summed E-state index contributed by atoms with van der Waals surface area (Å²) in [5.41, 5.74) is 2.04. The van der Waals surface area contributed by atoms with Crippen molar-refractivity contribution >= 4 is 5.91 Å². The molecule has 1 amide bonds. The molecule has 2 aromatic heterocycles. The van der Waals surface area contributed by atoms with Crippen LogP contribution in [0.15, 0.2) is 33.6 Å². The Labute approximate surface area is 152 Å². The van der Waals surface area contributed by atoms with Crippen LogP contribution in [0.5, 0.6) is 0 Å². The van der Waals surface area contributed by atoms with Gasteiger partial charge in [-0.15, -0.1) is 0 Å². The Morgan fingerprint density at radius 3 is 2.70 bits per heavy atom. The molecule has 0 spiro atoms. The molecule has 27 heavy (non-hydrogen) atoms. The highest BCUT2D eigenvalue weighted by Gasteiger charge is 2.26. The van der Waals surface area contributed by atoms with Gasteiger partial charge in [0.25, 0.3) is 5.56 Å². The number of halogens is 2. The summed E-state index contributed by atoms with van der Waals surface area (Å²) in [5.74, 6) is -1.04. The minimum atomic E-state index is -0.682. The normalized spacial score (nSPS) is 13.6. The molecule has 0 unspecified atom stereocenters. The second kappa shape index (κ2) is 6.82. The number of amides is 1. The Hall–Kier alpha value is -3.23. The first kappa shape index (κ1) is 17.2. The first-order valence-electron chi connectivity index (χ1n) is 8.47. The highest BCUT2D eigenvalue weighted by atomic mass is 19.1. The van der Waals surface area contributed by atoms with E-state index in [2.05, 4.69) is 15.4 Å². The average Bonchev–Trinajstić information content (AvgIpc) is 3.24. The van der Waals surface area contributed by atoms with Gasteiger partial charge in [-0.1, -0.05) is 0 Å². The van der Waals surface area contributed by atoms with Gasteiger partial charge in [0.1, 0.15) is 17.4 Å². The van der Waals surface area contributed by atoms with Gasteiger partial charge in [-0.2, -0.15) is 10.3 Å². The number of aromatic amines is 2. The first-order valence-corrected chi connectivity index (χ1v) is 8.47. The molecule has 4 rings (SSSR count). The third-order valence-electron chi connectivity index (χ3n) is 4.58. The van der Waals surface area contributed by atoms with E-state index in [-0.39, 0.29) is 17.9 Å². The SMILES string of the molecule is O=C(CCc1cc(=O)[nH]o1)N1CCc2[nH]nc(-c3cc(F)cc(F)c3)c2C1. The van der Waals surface area contributed by atoms with E-state index in [0.29, 0.717) is 42.9 Å². The highest BCUT2D eigenvalue weighted by molar-refractivity contribution is 5.77. The van der Waals surface area contributed by atoms with Crippen LogP contribution in [-0.4, -0.2) is 32.7 Å². The monoisotopic (exact) mass is 374 g/mol. The number of fused-ring (bicyclic) bond motifs is 1. The maximum atomic E-state index is 13.5. The molecule has 1 aromatic carbocycles. The molecule has 1 aliphatic heterocycles. The van der Waals surface area contributed by atoms with Gasteiger partial charge in [0, 0.05) is 61.3 Å². The van der Waals surface area contributed by atoms with E-state index in [1.165, 1.54) is 18.2 Å². The van der Waals surface area contributed by atoms with Crippen molar-refractivity contribution < 1.29 is 18.1 Å². The van der Waals surface area contributed by atoms with Gasteiger partial charge in [0.2, 0.25) is 5.91 Å². The topological polar surface area (TPSA) is 95.0 Å². The summed E-state index contributed by atoms with van der Waals surface area (Å²) < 4.78 is 32.0. The van der Waals surface area contributed by atoms with Gasteiger partial charge in [-0.25, -0.2) is 8.78 Å². The minimum Gasteiger partial charge on any atom is -0.384 e. The Kier molecular flexibility index (Phi) is 4.35. The van der Waals surface area contributed by atoms with Crippen LogP contribution in [0.25, 0.3) is 11.3 Å². The lowest BCUT2D eigenvalue weighted by atomic mass is 10.0. The van der Waals surface area contributed by atoms with Crippen molar-refractivity contribution in [3.8, 4) is 11.3 Å². The van der Waals surface area contributed by atoms with Gasteiger partial charge < -0.3 is 9.42 Å². The summed E-state index contributed by atoms with van der Waals surface area (Å²) in [4.78, 5) is 25.2. The molecule has 0 saturated heterocycles. The predicted molar refractivity (Wildman–Crippen MR) is 90.7 cm³/mol. The van der Waals surface area contributed by atoms with Gasteiger partial charge in [0.05, 0.1) is 5.69 Å². The zero-order chi connectivity index (χ0) is 19.0. The number of aryl methyl sites for hydroxylation is 1. The Morgan fingerprint density at radius 2 is 2.00 bits per heavy atom. The molecule has 0 atom stereocenters. The number of carbonyl (C=O) groups is 1. The number of H-pyrrole nitrogens is 2. The molecular formula is C18H16F2N4O3. The second-order valence-electron chi connectivity index (χ2n) is 6.43. The van der Waals surface area contributed by atoms with Gasteiger partial charge in [0.15, 0.2) is 0 Å². The van der Waals surface area contributed by atoms with E-state index in [1.807, 2.05) is 0 Å². The van der Waals surface area contributed by atoms with Crippen molar-refractivity contribution in [2.24, 2.45) is 0 Å². The number of carbonyl (C=O) groups excluding carboxylic acids is 1. The van der Waals surface area contributed by atoms with E-state index in [9.17, 15) is 18.4 Å². The van der Waals surface area contributed by atoms with Crippen LogP contribution in [-0.2, 0) is 24.2 Å². The zero-order valence-electron chi connectivity index (χ0n) is 14.2. The zero-order valence-corrected chi connectivity index (χ0v) is 14.2. The molecule has 0 fully saturated rings. The maximum absolute atomic E-state index is 13.5. The number of nitrogens with zero attached hydrogens (tertiary/aromatic N) is 2. The Bertz CT molecular complexity index is 1030. The summed E-state index contributed by atoms with van der Waals surface area (Å²) in [7, 11) is 0. The van der Waals surface area contributed by atoms with Crippen molar-refractivity contribution in [1.82, 2.24) is 20.3 Å². The molecule has 7 nitrogen and oxygen atoms in total. The predicted octanol–water partition coefficient (Wildman–Crippen LogP) is 2.15. The van der Waals surface area contributed by atoms with Crippen molar-refractivity contribution in [2.75, 3.05) is 6.54 Å². The van der Waals surface area contributed by atoms with Crippen molar-refractivity contribution in [2.45, 2.75) is 25.8 Å².